The SMILES string of the molecule is C=CC[C@@H](C)Oc1nc(C(=O)OC)c(N)cc1C(F)(F)F. The molecule has 1 atom stereocenters. The smallest absolute Gasteiger partial charge is 0.421 e. The van der Waals surface area contributed by atoms with Crippen LogP contribution in [-0.2, 0) is 10.9 Å². The van der Waals surface area contributed by atoms with Crippen LogP contribution in [0.3, 0.4) is 0 Å². The van der Waals surface area contributed by atoms with Crippen molar-refractivity contribution < 1.29 is 27.4 Å². The maximum Gasteiger partial charge on any atom is 0.421 e. The highest BCUT2D eigenvalue weighted by Crippen LogP contribution is 2.37. The fourth-order valence-electron chi connectivity index (χ4n) is 1.54. The Balaban J connectivity index is 3.34. The summed E-state index contributed by atoms with van der Waals surface area (Å²) in [6.45, 7) is 5.02. The van der Waals surface area contributed by atoms with E-state index in [9.17, 15) is 18.0 Å². The van der Waals surface area contributed by atoms with E-state index >= 15 is 0 Å². The van der Waals surface area contributed by atoms with Crippen molar-refractivity contribution in [3.8, 4) is 5.88 Å². The van der Waals surface area contributed by atoms with Gasteiger partial charge in [-0.15, -0.1) is 6.58 Å². The third kappa shape index (κ3) is 4.11. The number of esters is 1. The molecule has 0 amide bonds. The van der Waals surface area contributed by atoms with E-state index in [1.54, 1.807) is 6.92 Å². The molecule has 0 aliphatic rings. The second-order valence-corrected chi connectivity index (χ2v) is 4.22. The zero-order valence-corrected chi connectivity index (χ0v) is 11.5. The van der Waals surface area contributed by atoms with E-state index in [2.05, 4.69) is 16.3 Å². The van der Waals surface area contributed by atoms with Gasteiger partial charge in [0, 0.05) is 6.42 Å². The van der Waals surface area contributed by atoms with Gasteiger partial charge in [0.1, 0.15) is 11.7 Å². The topological polar surface area (TPSA) is 74.4 Å². The predicted octanol–water partition coefficient (Wildman–Crippen LogP) is 2.81. The molecule has 0 spiro atoms. The largest absolute Gasteiger partial charge is 0.474 e. The fraction of sp³-hybridized carbons (Fsp3) is 0.385. The van der Waals surface area contributed by atoms with Crippen molar-refractivity contribution in [3.63, 3.8) is 0 Å². The number of halogens is 3. The predicted molar refractivity (Wildman–Crippen MR) is 69.9 cm³/mol. The van der Waals surface area contributed by atoms with Crippen LogP contribution in [0.25, 0.3) is 0 Å². The van der Waals surface area contributed by atoms with Crippen LogP contribution in [0.5, 0.6) is 5.88 Å². The summed E-state index contributed by atoms with van der Waals surface area (Å²) in [5, 5.41) is 0. The summed E-state index contributed by atoms with van der Waals surface area (Å²) in [4.78, 5) is 15.0. The molecule has 1 heterocycles. The molecule has 1 aromatic heterocycles. The Morgan fingerprint density at radius 1 is 1.57 bits per heavy atom. The molecule has 0 saturated heterocycles. The summed E-state index contributed by atoms with van der Waals surface area (Å²) in [6, 6.07) is 0.606. The minimum atomic E-state index is -4.71. The van der Waals surface area contributed by atoms with Crippen LogP contribution in [0.15, 0.2) is 18.7 Å². The third-order valence-corrected chi connectivity index (χ3v) is 2.51. The highest BCUT2D eigenvalue weighted by Gasteiger charge is 2.37. The van der Waals surface area contributed by atoms with Gasteiger partial charge in [-0.05, 0) is 13.0 Å². The van der Waals surface area contributed by atoms with Gasteiger partial charge in [0.2, 0.25) is 5.88 Å². The number of pyridine rings is 1. The number of aromatic nitrogens is 1. The van der Waals surface area contributed by atoms with Gasteiger partial charge in [0.15, 0.2) is 5.69 Å². The van der Waals surface area contributed by atoms with Crippen LogP contribution in [0.4, 0.5) is 18.9 Å². The lowest BCUT2D eigenvalue weighted by atomic mass is 10.2. The van der Waals surface area contributed by atoms with Crippen LogP contribution >= 0.6 is 0 Å². The number of nitrogen functional groups attached to an aromatic ring is 1. The summed E-state index contributed by atoms with van der Waals surface area (Å²) < 4.78 is 48.5. The Hall–Kier alpha value is -2.25. The second-order valence-electron chi connectivity index (χ2n) is 4.22. The molecule has 0 fully saturated rings. The van der Waals surface area contributed by atoms with Crippen molar-refractivity contribution in [2.45, 2.75) is 25.6 Å². The molecular formula is C13H15F3N2O3. The first-order valence-electron chi connectivity index (χ1n) is 5.94. The van der Waals surface area contributed by atoms with E-state index in [0.717, 1.165) is 7.11 Å². The van der Waals surface area contributed by atoms with Gasteiger partial charge in [0.25, 0.3) is 0 Å². The summed E-state index contributed by atoms with van der Waals surface area (Å²) in [7, 11) is 1.07. The van der Waals surface area contributed by atoms with Gasteiger partial charge in [-0.2, -0.15) is 13.2 Å². The van der Waals surface area contributed by atoms with E-state index in [0.29, 0.717) is 12.5 Å². The monoisotopic (exact) mass is 304 g/mol. The molecule has 0 aromatic carbocycles. The molecular weight excluding hydrogens is 289 g/mol. The Morgan fingerprint density at radius 2 is 2.19 bits per heavy atom. The zero-order valence-electron chi connectivity index (χ0n) is 11.5. The summed E-state index contributed by atoms with van der Waals surface area (Å²) in [6.07, 6.45) is -3.49. The first-order chi connectivity index (χ1) is 9.70. The second kappa shape index (κ2) is 6.47. The van der Waals surface area contributed by atoms with Crippen LogP contribution in [0.2, 0.25) is 0 Å². The summed E-state index contributed by atoms with van der Waals surface area (Å²) in [5.41, 5.74) is 3.41. The molecule has 21 heavy (non-hydrogen) atoms. The molecule has 0 aliphatic carbocycles. The zero-order chi connectivity index (χ0) is 16.2. The Bertz CT molecular complexity index is 544. The van der Waals surface area contributed by atoms with Gasteiger partial charge in [-0.25, -0.2) is 9.78 Å². The highest BCUT2D eigenvalue weighted by molar-refractivity contribution is 5.93. The number of nitrogens with zero attached hydrogens (tertiary/aromatic N) is 1. The molecule has 0 bridgehead atoms. The number of nitrogens with two attached hydrogens (primary N) is 1. The number of hydrogen-bond acceptors (Lipinski definition) is 5. The molecule has 0 aliphatic heterocycles. The van der Waals surface area contributed by atoms with Crippen LogP contribution in [0.1, 0.15) is 29.4 Å². The lowest BCUT2D eigenvalue weighted by Crippen LogP contribution is -2.19. The number of carbonyl (C=O) groups excluding carboxylic acids is 1. The lowest BCUT2D eigenvalue weighted by molar-refractivity contribution is -0.139. The number of hydrogen-bond donors (Lipinski definition) is 1. The first-order valence-corrected chi connectivity index (χ1v) is 5.94. The van der Waals surface area contributed by atoms with Gasteiger partial charge in [-0.1, -0.05) is 6.08 Å². The number of rotatable bonds is 5. The molecule has 2 N–H and O–H groups in total. The van der Waals surface area contributed by atoms with E-state index in [4.69, 9.17) is 10.5 Å². The van der Waals surface area contributed by atoms with E-state index < -0.39 is 41.1 Å². The van der Waals surface area contributed by atoms with Gasteiger partial charge >= 0.3 is 12.1 Å². The molecule has 1 rings (SSSR count). The maximum absolute atomic E-state index is 13.0. The molecule has 116 valence electrons. The van der Waals surface area contributed by atoms with Gasteiger partial charge in [0.05, 0.1) is 12.8 Å². The standard InChI is InChI=1S/C13H15F3N2O3/c1-4-5-7(2)21-11-8(13(14,15)16)6-9(17)10(18-11)12(19)20-3/h4,6-7H,1,5,17H2,2-3H3/t7-/m1/s1. The van der Waals surface area contributed by atoms with Crippen molar-refractivity contribution in [2.24, 2.45) is 0 Å². The fourth-order valence-corrected chi connectivity index (χ4v) is 1.54. The van der Waals surface area contributed by atoms with Crippen LogP contribution in [0, 0.1) is 0 Å². The van der Waals surface area contributed by atoms with Crippen molar-refractivity contribution in [1.82, 2.24) is 4.98 Å². The van der Waals surface area contributed by atoms with Crippen LogP contribution < -0.4 is 10.5 Å². The Labute approximate surface area is 119 Å². The lowest BCUT2D eigenvalue weighted by Gasteiger charge is -2.18. The number of carbonyl (C=O) groups is 1. The van der Waals surface area contributed by atoms with E-state index in [1.165, 1.54) is 6.08 Å². The van der Waals surface area contributed by atoms with E-state index in [1.807, 2.05) is 0 Å². The first kappa shape index (κ1) is 16.8. The average molecular weight is 304 g/mol. The van der Waals surface area contributed by atoms with Crippen molar-refractivity contribution in [3.05, 3.63) is 30.0 Å². The molecule has 8 heteroatoms. The van der Waals surface area contributed by atoms with Crippen molar-refractivity contribution in [1.29, 1.82) is 0 Å². The number of ether oxygens (including phenoxy) is 2. The molecule has 0 unspecified atom stereocenters. The normalized spacial score (nSPS) is 12.6. The highest BCUT2D eigenvalue weighted by atomic mass is 19.4. The van der Waals surface area contributed by atoms with Crippen molar-refractivity contribution in [2.75, 3.05) is 12.8 Å². The maximum atomic E-state index is 13.0. The number of methoxy groups -OCH3 is 1. The van der Waals surface area contributed by atoms with Crippen molar-refractivity contribution >= 4 is 11.7 Å². The Kier molecular flexibility index (Phi) is 5.17. The van der Waals surface area contributed by atoms with Gasteiger partial charge < -0.3 is 15.2 Å². The molecule has 0 radical (unpaired) electrons. The van der Waals surface area contributed by atoms with Gasteiger partial charge in [-0.3, -0.25) is 0 Å². The third-order valence-electron chi connectivity index (χ3n) is 2.51. The summed E-state index contributed by atoms with van der Waals surface area (Å²) in [5.74, 6) is -1.66. The quantitative estimate of drug-likeness (QED) is 0.669. The number of alkyl halides is 3. The summed E-state index contributed by atoms with van der Waals surface area (Å²) >= 11 is 0. The van der Waals surface area contributed by atoms with Crippen LogP contribution in [-0.4, -0.2) is 24.2 Å². The molecule has 0 saturated carbocycles. The molecule has 1 aromatic rings. The van der Waals surface area contributed by atoms with E-state index in [-0.39, 0.29) is 0 Å². The minimum Gasteiger partial charge on any atom is -0.474 e. The molecule has 5 nitrogen and oxygen atoms in total. The minimum absolute atomic E-state index is 0.316. The Morgan fingerprint density at radius 3 is 2.67 bits per heavy atom. The number of anilines is 1. The average Bonchev–Trinajstić information content (AvgIpc) is 2.38.